The van der Waals surface area contributed by atoms with Gasteiger partial charge in [-0.1, -0.05) is 0 Å². The summed E-state index contributed by atoms with van der Waals surface area (Å²) in [4.78, 5) is 24.2. The number of rotatable bonds is 6. The second-order valence-corrected chi connectivity index (χ2v) is 5.35. The molecule has 2 atom stereocenters. The van der Waals surface area contributed by atoms with E-state index in [0.717, 1.165) is 0 Å². The van der Waals surface area contributed by atoms with Gasteiger partial charge in [-0.3, -0.25) is 4.79 Å². The highest BCUT2D eigenvalue weighted by Gasteiger charge is 2.24. The van der Waals surface area contributed by atoms with Crippen LogP contribution >= 0.6 is 0 Å². The normalized spacial score (nSPS) is 12.6. The van der Waals surface area contributed by atoms with Gasteiger partial charge >= 0.3 is 5.97 Å². The van der Waals surface area contributed by atoms with Crippen LogP contribution in [0.15, 0.2) is 48.5 Å². The molecule has 0 aliphatic carbocycles. The first-order valence-electron chi connectivity index (χ1n) is 7.58. The molecular weight excluding hydrogens is 325 g/mol. The molecule has 0 aromatic heterocycles. The van der Waals surface area contributed by atoms with Crippen molar-refractivity contribution < 1.29 is 23.5 Å². The lowest BCUT2D eigenvalue weighted by Crippen LogP contribution is -2.32. The highest BCUT2D eigenvalue weighted by Crippen LogP contribution is 2.15. The van der Waals surface area contributed by atoms with E-state index in [2.05, 4.69) is 0 Å². The van der Waals surface area contributed by atoms with Crippen LogP contribution in [-0.4, -0.2) is 24.0 Å². The number of nitriles is 1. The maximum absolute atomic E-state index is 12.9. The maximum Gasteiger partial charge on any atom is 0.347 e. The number of esters is 1. The average molecular weight is 341 g/mol. The summed E-state index contributed by atoms with van der Waals surface area (Å²) in [7, 11) is 0. The van der Waals surface area contributed by atoms with Crippen molar-refractivity contribution >= 4 is 11.8 Å². The number of halogens is 1. The molecule has 0 saturated heterocycles. The summed E-state index contributed by atoms with van der Waals surface area (Å²) >= 11 is 0. The Hall–Kier alpha value is -3.20. The van der Waals surface area contributed by atoms with Crippen LogP contribution in [0.1, 0.15) is 29.8 Å². The second kappa shape index (κ2) is 8.06. The minimum Gasteiger partial charge on any atom is -0.479 e. The van der Waals surface area contributed by atoms with Crippen molar-refractivity contribution in [2.75, 3.05) is 0 Å². The molecule has 0 fully saturated rings. The molecule has 0 heterocycles. The van der Waals surface area contributed by atoms with Crippen molar-refractivity contribution in [3.63, 3.8) is 0 Å². The van der Waals surface area contributed by atoms with Gasteiger partial charge in [0.1, 0.15) is 11.6 Å². The van der Waals surface area contributed by atoms with Gasteiger partial charge in [-0.15, -0.1) is 0 Å². The van der Waals surface area contributed by atoms with Crippen LogP contribution in [0.3, 0.4) is 0 Å². The molecule has 0 unspecified atom stereocenters. The van der Waals surface area contributed by atoms with Crippen molar-refractivity contribution in [3.8, 4) is 11.8 Å². The molecule has 0 aliphatic heterocycles. The van der Waals surface area contributed by atoms with E-state index >= 15 is 0 Å². The fourth-order valence-corrected chi connectivity index (χ4v) is 2.03. The lowest BCUT2D eigenvalue weighted by Gasteiger charge is -2.17. The molecule has 0 radical (unpaired) electrons. The van der Waals surface area contributed by atoms with Crippen molar-refractivity contribution in [2.24, 2.45) is 0 Å². The summed E-state index contributed by atoms with van der Waals surface area (Å²) in [6.07, 6.45) is -1.96. The third-order valence-corrected chi connectivity index (χ3v) is 3.42. The van der Waals surface area contributed by atoms with Gasteiger partial charge in [0.25, 0.3) is 0 Å². The minimum absolute atomic E-state index is 0.252. The van der Waals surface area contributed by atoms with E-state index in [0.29, 0.717) is 11.3 Å². The molecule has 0 bridgehead atoms. The molecule has 0 aliphatic rings. The monoisotopic (exact) mass is 341 g/mol. The molecule has 6 heteroatoms. The number of Topliss-reactive ketones (excluding diaryl/α,β-unsaturated/α-hetero) is 1. The Morgan fingerprint density at radius 2 is 1.60 bits per heavy atom. The summed E-state index contributed by atoms with van der Waals surface area (Å²) < 4.78 is 23.4. The van der Waals surface area contributed by atoms with E-state index in [9.17, 15) is 14.0 Å². The number of benzene rings is 2. The second-order valence-electron chi connectivity index (χ2n) is 5.35. The van der Waals surface area contributed by atoms with Crippen LogP contribution in [0, 0.1) is 17.1 Å². The number of nitrogens with zero attached hydrogens (tertiary/aromatic N) is 1. The van der Waals surface area contributed by atoms with E-state index in [4.69, 9.17) is 14.7 Å². The summed E-state index contributed by atoms with van der Waals surface area (Å²) in [5.74, 6) is -1.18. The van der Waals surface area contributed by atoms with Crippen LogP contribution in [0.25, 0.3) is 0 Å². The molecule has 2 aromatic rings. The van der Waals surface area contributed by atoms with E-state index in [-0.39, 0.29) is 5.56 Å². The van der Waals surface area contributed by atoms with Crippen LogP contribution < -0.4 is 4.74 Å². The molecule has 5 nitrogen and oxygen atoms in total. The topological polar surface area (TPSA) is 76.4 Å². The van der Waals surface area contributed by atoms with Crippen LogP contribution in [0.2, 0.25) is 0 Å². The predicted molar refractivity (Wildman–Crippen MR) is 87.5 cm³/mol. The molecule has 2 rings (SSSR count). The highest BCUT2D eigenvalue weighted by molar-refractivity contribution is 6.00. The highest BCUT2D eigenvalue weighted by atomic mass is 19.1. The molecule has 0 saturated carbocycles. The standard InChI is InChI=1S/C19H16FNO4/c1-12(18(22)15-5-7-16(20)8-6-15)25-19(23)13(2)24-17-9-3-14(11-21)4-10-17/h3-10,12-13H,1-2H3/t12-,13+/m0/s1. The minimum atomic E-state index is -1.02. The van der Waals surface area contributed by atoms with E-state index in [1.165, 1.54) is 38.1 Å². The number of carbonyl (C=O) groups is 2. The lowest BCUT2D eigenvalue weighted by atomic mass is 10.1. The summed E-state index contributed by atoms with van der Waals surface area (Å²) in [6.45, 7) is 2.94. The molecule has 2 aromatic carbocycles. The summed E-state index contributed by atoms with van der Waals surface area (Å²) in [5, 5.41) is 8.74. The number of ketones is 1. The smallest absolute Gasteiger partial charge is 0.347 e. The number of ether oxygens (including phenoxy) is 2. The summed E-state index contributed by atoms with van der Waals surface area (Å²) in [5.41, 5.74) is 0.725. The van der Waals surface area contributed by atoms with Gasteiger partial charge in [-0.2, -0.15) is 5.26 Å². The Labute approximate surface area is 144 Å². The first-order chi connectivity index (χ1) is 11.9. The molecule has 128 valence electrons. The third-order valence-electron chi connectivity index (χ3n) is 3.42. The zero-order valence-electron chi connectivity index (χ0n) is 13.7. The fraction of sp³-hybridized carbons (Fsp3) is 0.211. The molecule has 0 spiro atoms. The van der Waals surface area contributed by atoms with Crippen LogP contribution in [-0.2, 0) is 9.53 Å². The fourth-order valence-electron chi connectivity index (χ4n) is 2.03. The first kappa shape index (κ1) is 18.1. The van der Waals surface area contributed by atoms with Crippen molar-refractivity contribution in [1.29, 1.82) is 5.26 Å². The van der Waals surface area contributed by atoms with Gasteiger partial charge in [-0.05, 0) is 62.4 Å². The van der Waals surface area contributed by atoms with E-state index in [1.54, 1.807) is 24.3 Å². The number of hydrogen-bond donors (Lipinski definition) is 0. The summed E-state index contributed by atoms with van der Waals surface area (Å²) in [6, 6.07) is 13.2. The van der Waals surface area contributed by atoms with Crippen LogP contribution in [0.4, 0.5) is 4.39 Å². The lowest BCUT2D eigenvalue weighted by molar-refractivity contribution is -0.153. The van der Waals surface area contributed by atoms with Gasteiger partial charge in [0.2, 0.25) is 5.78 Å². The van der Waals surface area contributed by atoms with Crippen molar-refractivity contribution in [3.05, 3.63) is 65.5 Å². The Morgan fingerprint density at radius 1 is 1.00 bits per heavy atom. The Morgan fingerprint density at radius 3 is 2.16 bits per heavy atom. The molecule has 0 N–H and O–H groups in total. The largest absolute Gasteiger partial charge is 0.479 e. The maximum atomic E-state index is 12.9. The number of carbonyl (C=O) groups excluding carboxylic acids is 2. The van der Waals surface area contributed by atoms with Gasteiger partial charge < -0.3 is 9.47 Å². The first-order valence-corrected chi connectivity index (χ1v) is 7.58. The molecular formula is C19H16FNO4. The average Bonchev–Trinajstić information content (AvgIpc) is 2.62. The van der Waals surface area contributed by atoms with Gasteiger partial charge in [-0.25, -0.2) is 9.18 Å². The van der Waals surface area contributed by atoms with E-state index in [1.807, 2.05) is 6.07 Å². The molecule has 0 amide bonds. The van der Waals surface area contributed by atoms with Crippen molar-refractivity contribution in [1.82, 2.24) is 0 Å². The van der Waals surface area contributed by atoms with Gasteiger partial charge in [0.15, 0.2) is 12.2 Å². The van der Waals surface area contributed by atoms with Crippen LogP contribution in [0.5, 0.6) is 5.75 Å². The van der Waals surface area contributed by atoms with Gasteiger partial charge in [0.05, 0.1) is 11.6 Å². The molecule has 25 heavy (non-hydrogen) atoms. The predicted octanol–water partition coefficient (Wildman–Crippen LogP) is 3.28. The Balaban J connectivity index is 1.94. The quantitative estimate of drug-likeness (QED) is 0.595. The SMILES string of the molecule is C[C@H](OC(=O)[C@@H](C)Oc1ccc(C#N)cc1)C(=O)c1ccc(F)cc1. The zero-order chi connectivity index (χ0) is 18.4. The zero-order valence-corrected chi connectivity index (χ0v) is 13.7. The Bertz CT molecular complexity index is 794. The van der Waals surface area contributed by atoms with Gasteiger partial charge in [0, 0.05) is 5.56 Å². The van der Waals surface area contributed by atoms with E-state index < -0.39 is 29.8 Å². The Kier molecular flexibility index (Phi) is 5.85. The number of hydrogen-bond acceptors (Lipinski definition) is 5. The van der Waals surface area contributed by atoms with Crippen molar-refractivity contribution in [2.45, 2.75) is 26.1 Å². The third kappa shape index (κ3) is 4.88.